The summed E-state index contributed by atoms with van der Waals surface area (Å²) in [5.41, 5.74) is 0. The molecule has 0 aliphatic carbocycles. The maximum absolute atomic E-state index is 11.6. The first-order valence-electron chi connectivity index (χ1n) is 6.53. The van der Waals surface area contributed by atoms with Crippen molar-refractivity contribution in [1.82, 2.24) is 15.5 Å². The number of hydrogen-bond donors (Lipinski definition) is 2. The van der Waals surface area contributed by atoms with E-state index in [2.05, 4.69) is 10.6 Å². The molecule has 98 valence electrons. The molecule has 5 nitrogen and oxygen atoms in total. The van der Waals surface area contributed by atoms with E-state index in [-0.39, 0.29) is 12.5 Å². The highest BCUT2D eigenvalue weighted by Crippen LogP contribution is 2.12. The van der Waals surface area contributed by atoms with E-state index in [1.165, 1.54) is 6.42 Å². The van der Waals surface area contributed by atoms with Crippen LogP contribution in [-0.2, 0) is 9.53 Å². The number of likely N-dealkylation sites (tertiary alicyclic amines) is 1. The largest absolute Gasteiger partial charge is 0.375 e. The minimum atomic E-state index is 0.119. The predicted octanol–water partition coefficient (Wildman–Crippen LogP) is -0.425. The summed E-state index contributed by atoms with van der Waals surface area (Å²) in [7, 11) is 1.57. The molecule has 2 aliphatic heterocycles. The summed E-state index contributed by atoms with van der Waals surface area (Å²) < 4.78 is 4.88. The summed E-state index contributed by atoms with van der Waals surface area (Å²) >= 11 is 0. The van der Waals surface area contributed by atoms with E-state index in [1.807, 2.05) is 4.90 Å². The Bertz CT molecular complexity index is 246. The quantitative estimate of drug-likeness (QED) is 0.701. The fraction of sp³-hybridized carbons (Fsp3) is 0.917. The van der Waals surface area contributed by atoms with Gasteiger partial charge in [0.15, 0.2) is 0 Å². The lowest BCUT2D eigenvalue weighted by molar-refractivity contribution is -0.136. The highest BCUT2D eigenvalue weighted by Gasteiger charge is 2.25. The smallest absolute Gasteiger partial charge is 0.248 e. The van der Waals surface area contributed by atoms with Crippen molar-refractivity contribution in [3.63, 3.8) is 0 Å². The van der Waals surface area contributed by atoms with Crippen molar-refractivity contribution in [3.05, 3.63) is 0 Å². The number of ether oxygens (including phenoxy) is 1. The Hall–Kier alpha value is -0.650. The standard InChI is InChI=1S/C12H23N3O2/c1-17-9-12(16)15-6-3-10(4-7-15)14-11-2-5-13-8-11/h10-11,13-14H,2-9H2,1H3. The van der Waals surface area contributed by atoms with Crippen LogP contribution in [0.3, 0.4) is 0 Å². The number of nitrogens with zero attached hydrogens (tertiary/aromatic N) is 1. The number of methoxy groups -OCH3 is 1. The molecule has 0 aromatic carbocycles. The van der Waals surface area contributed by atoms with Gasteiger partial charge in [-0.15, -0.1) is 0 Å². The second-order valence-electron chi connectivity index (χ2n) is 4.94. The first-order chi connectivity index (χ1) is 8.29. The van der Waals surface area contributed by atoms with Gasteiger partial charge in [-0.1, -0.05) is 0 Å². The third-order valence-corrected chi connectivity index (χ3v) is 3.65. The van der Waals surface area contributed by atoms with Gasteiger partial charge in [0.05, 0.1) is 0 Å². The molecule has 1 unspecified atom stereocenters. The Labute approximate surface area is 103 Å². The van der Waals surface area contributed by atoms with Crippen LogP contribution in [0.15, 0.2) is 0 Å². The van der Waals surface area contributed by atoms with Crippen LogP contribution in [0, 0.1) is 0 Å². The second kappa shape index (κ2) is 6.33. The third kappa shape index (κ3) is 3.66. The molecule has 2 saturated heterocycles. The van der Waals surface area contributed by atoms with Crippen LogP contribution in [-0.4, -0.2) is 62.8 Å². The minimum absolute atomic E-state index is 0.119. The van der Waals surface area contributed by atoms with E-state index < -0.39 is 0 Å². The molecule has 0 aromatic heterocycles. The van der Waals surface area contributed by atoms with Gasteiger partial charge in [-0.3, -0.25) is 4.79 Å². The molecule has 2 N–H and O–H groups in total. The predicted molar refractivity (Wildman–Crippen MR) is 65.9 cm³/mol. The van der Waals surface area contributed by atoms with Crippen molar-refractivity contribution in [2.45, 2.75) is 31.3 Å². The molecule has 0 spiro atoms. The van der Waals surface area contributed by atoms with E-state index >= 15 is 0 Å². The molecule has 2 aliphatic rings. The normalized spacial score (nSPS) is 26.4. The van der Waals surface area contributed by atoms with Crippen LogP contribution in [0.1, 0.15) is 19.3 Å². The van der Waals surface area contributed by atoms with Crippen LogP contribution >= 0.6 is 0 Å². The summed E-state index contributed by atoms with van der Waals surface area (Å²) in [6.45, 7) is 4.15. The zero-order chi connectivity index (χ0) is 12.1. The first-order valence-corrected chi connectivity index (χ1v) is 6.53. The van der Waals surface area contributed by atoms with Crippen LogP contribution in [0.4, 0.5) is 0 Å². The number of carbonyl (C=O) groups is 1. The molecule has 2 fully saturated rings. The van der Waals surface area contributed by atoms with E-state index in [1.54, 1.807) is 7.11 Å². The van der Waals surface area contributed by atoms with Crippen molar-refractivity contribution in [2.75, 3.05) is 39.9 Å². The maximum atomic E-state index is 11.6. The Morgan fingerprint density at radius 1 is 1.35 bits per heavy atom. The Morgan fingerprint density at radius 3 is 2.71 bits per heavy atom. The minimum Gasteiger partial charge on any atom is -0.375 e. The number of amides is 1. The van der Waals surface area contributed by atoms with Gasteiger partial charge in [0, 0.05) is 38.8 Å². The second-order valence-corrected chi connectivity index (χ2v) is 4.94. The summed E-state index contributed by atoms with van der Waals surface area (Å²) in [5.74, 6) is 0.119. The number of piperidine rings is 1. The molecule has 0 radical (unpaired) electrons. The molecular weight excluding hydrogens is 218 g/mol. The van der Waals surface area contributed by atoms with Crippen LogP contribution in [0.25, 0.3) is 0 Å². The summed E-state index contributed by atoms with van der Waals surface area (Å²) in [6.07, 6.45) is 3.35. The molecule has 1 atom stereocenters. The average molecular weight is 241 g/mol. The topological polar surface area (TPSA) is 53.6 Å². The molecule has 0 saturated carbocycles. The maximum Gasteiger partial charge on any atom is 0.248 e. The molecular formula is C12H23N3O2. The van der Waals surface area contributed by atoms with Gasteiger partial charge in [0.1, 0.15) is 6.61 Å². The summed E-state index contributed by atoms with van der Waals surface area (Å²) in [5, 5.41) is 7.04. The van der Waals surface area contributed by atoms with Crippen molar-refractivity contribution in [1.29, 1.82) is 0 Å². The van der Waals surface area contributed by atoms with Gasteiger partial charge in [-0.2, -0.15) is 0 Å². The average Bonchev–Trinajstić information content (AvgIpc) is 2.83. The van der Waals surface area contributed by atoms with Gasteiger partial charge in [-0.25, -0.2) is 0 Å². The van der Waals surface area contributed by atoms with E-state index in [9.17, 15) is 4.79 Å². The molecule has 0 aromatic rings. The molecule has 2 heterocycles. The SMILES string of the molecule is COCC(=O)N1CCC(NC2CCNC2)CC1. The summed E-state index contributed by atoms with van der Waals surface area (Å²) in [4.78, 5) is 13.5. The highest BCUT2D eigenvalue weighted by molar-refractivity contribution is 5.77. The Balaban J connectivity index is 1.68. The molecule has 2 rings (SSSR count). The number of rotatable bonds is 4. The highest BCUT2D eigenvalue weighted by atomic mass is 16.5. The van der Waals surface area contributed by atoms with E-state index in [0.29, 0.717) is 12.1 Å². The zero-order valence-corrected chi connectivity index (χ0v) is 10.6. The van der Waals surface area contributed by atoms with E-state index in [4.69, 9.17) is 4.74 Å². The van der Waals surface area contributed by atoms with Crippen molar-refractivity contribution < 1.29 is 9.53 Å². The number of nitrogens with one attached hydrogen (secondary N) is 2. The van der Waals surface area contributed by atoms with Crippen LogP contribution in [0.5, 0.6) is 0 Å². The van der Waals surface area contributed by atoms with Gasteiger partial charge in [0.2, 0.25) is 5.91 Å². The molecule has 5 heteroatoms. The van der Waals surface area contributed by atoms with E-state index in [0.717, 1.165) is 39.0 Å². The van der Waals surface area contributed by atoms with Crippen molar-refractivity contribution >= 4 is 5.91 Å². The molecule has 1 amide bonds. The number of carbonyl (C=O) groups excluding carboxylic acids is 1. The lowest BCUT2D eigenvalue weighted by Gasteiger charge is -2.33. The van der Waals surface area contributed by atoms with Gasteiger partial charge in [0.25, 0.3) is 0 Å². The van der Waals surface area contributed by atoms with Crippen LogP contribution in [0.2, 0.25) is 0 Å². The van der Waals surface area contributed by atoms with Crippen molar-refractivity contribution in [3.8, 4) is 0 Å². The van der Waals surface area contributed by atoms with Crippen molar-refractivity contribution in [2.24, 2.45) is 0 Å². The third-order valence-electron chi connectivity index (χ3n) is 3.65. The first kappa shape index (κ1) is 12.8. The van der Waals surface area contributed by atoms with Crippen LogP contribution < -0.4 is 10.6 Å². The fourth-order valence-electron chi connectivity index (χ4n) is 2.64. The zero-order valence-electron chi connectivity index (χ0n) is 10.6. The van der Waals surface area contributed by atoms with Gasteiger partial charge < -0.3 is 20.3 Å². The summed E-state index contributed by atoms with van der Waals surface area (Å²) in [6, 6.07) is 1.20. The van der Waals surface area contributed by atoms with Gasteiger partial charge in [-0.05, 0) is 25.8 Å². The Kier molecular flexibility index (Phi) is 4.76. The monoisotopic (exact) mass is 241 g/mol. The number of hydrogen-bond acceptors (Lipinski definition) is 4. The molecule has 0 bridgehead atoms. The lowest BCUT2D eigenvalue weighted by Crippen LogP contribution is -2.48. The Morgan fingerprint density at radius 2 is 2.12 bits per heavy atom. The van der Waals surface area contributed by atoms with Gasteiger partial charge >= 0.3 is 0 Å². The molecule has 17 heavy (non-hydrogen) atoms. The fourth-order valence-corrected chi connectivity index (χ4v) is 2.64. The lowest BCUT2D eigenvalue weighted by atomic mass is 10.0.